The molecule has 25 heavy (non-hydrogen) atoms. The number of para-hydroxylation sites is 2. The Morgan fingerprint density at radius 3 is 2.80 bits per heavy atom. The molecule has 6 heteroatoms. The van der Waals surface area contributed by atoms with Gasteiger partial charge in [0, 0.05) is 12.2 Å². The van der Waals surface area contributed by atoms with E-state index in [1.165, 1.54) is 0 Å². The van der Waals surface area contributed by atoms with Gasteiger partial charge in [0.1, 0.15) is 18.4 Å². The van der Waals surface area contributed by atoms with Gasteiger partial charge in [-0.05, 0) is 50.2 Å². The Morgan fingerprint density at radius 1 is 1.16 bits per heavy atom. The van der Waals surface area contributed by atoms with Crippen molar-refractivity contribution in [2.24, 2.45) is 0 Å². The number of fused-ring (bicyclic) bond motifs is 1. The van der Waals surface area contributed by atoms with Gasteiger partial charge in [0.05, 0.1) is 6.54 Å². The van der Waals surface area contributed by atoms with E-state index in [2.05, 4.69) is 15.2 Å². The molecule has 1 amide bonds. The smallest absolute Gasteiger partial charge is 0.268 e. The molecule has 6 nitrogen and oxygen atoms in total. The third-order valence-corrected chi connectivity index (χ3v) is 4.77. The maximum absolute atomic E-state index is 12.6. The molecule has 0 bridgehead atoms. The van der Waals surface area contributed by atoms with Gasteiger partial charge >= 0.3 is 0 Å². The van der Waals surface area contributed by atoms with E-state index in [1.807, 2.05) is 42.6 Å². The van der Waals surface area contributed by atoms with Gasteiger partial charge in [-0.15, -0.1) is 0 Å². The summed E-state index contributed by atoms with van der Waals surface area (Å²) in [5, 5.41) is 6.34. The lowest BCUT2D eigenvalue weighted by atomic mass is 10.1. The summed E-state index contributed by atoms with van der Waals surface area (Å²) in [6.45, 7) is 2.85. The number of carbonyl (C=O) groups excluding carboxylic acids is 1. The van der Waals surface area contributed by atoms with Crippen LogP contribution in [0.4, 0.5) is 0 Å². The van der Waals surface area contributed by atoms with Crippen molar-refractivity contribution >= 4 is 5.91 Å². The lowest BCUT2D eigenvalue weighted by Gasteiger charge is -2.27. The molecule has 3 heterocycles. The maximum Gasteiger partial charge on any atom is 0.268 e. The molecule has 1 aromatic heterocycles. The number of nitrogens with one attached hydrogen (secondary N) is 2. The first-order valence-electron chi connectivity index (χ1n) is 8.85. The SMILES string of the molecule is O=C(NCC1COc2ccccc2O1)c1cccn1C1CCNCC1. The molecule has 2 aromatic rings. The van der Waals surface area contributed by atoms with Crippen molar-refractivity contribution in [3.8, 4) is 11.5 Å². The van der Waals surface area contributed by atoms with E-state index >= 15 is 0 Å². The molecule has 1 fully saturated rings. The third kappa shape index (κ3) is 3.49. The van der Waals surface area contributed by atoms with Gasteiger partial charge in [0.15, 0.2) is 11.5 Å². The number of carbonyl (C=O) groups is 1. The van der Waals surface area contributed by atoms with Gasteiger partial charge in [0.25, 0.3) is 5.91 Å². The van der Waals surface area contributed by atoms with E-state index in [-0.39, 0.29) is 12.0 Å². The predicted octanol–water partition coefficient (Wildman–Crippen LogP) is 1.98. The summed E-state index contributed by atoms with van der Waals surface area (Å²) in [5.74, 6) is 1.42. The van der Waals surface area contributed by atoms with E-state index in [4.69, 9.17) is 9.47 Å². The second kappa shape index (κ2) is 7.19. The topological polar surface area (TPSA) is 64.5 Å². The third-order valence-electron chi connectivity index (χ3n) is 4.77. The molecule has 1 unspecified atom stereocenters. The highest BCUT2D eigenvalue weighted by atomic mass is 16.6. The zero-order valence-corrected chi connectivity index (χ0v) is 14.1. The number of hydrogen-bond donors (Lipinski definition) is 2. The van der Waals surface area contributed by atoms with Crippen molar-refractivity contribution in [2.45, 2.75) is 25.0 Å². The van der Waals surface area contributed by atoms with Crippen LogP contribution in [0.2, 0.25) is 0 Å². The van der Waals surface area contributed by atoms with Crippen LogP contribution in [-0.2, 0) is 0 Å². The van der Waals surface area contributed by atoms with Crippen molar-refractivity contribution in [1.82, 2.24) is 15.2 Å². The monoisotopic (exact) mass is 341 g/mol. The lowest BCUT2D eigenvalue weighted by Crippen LogP contribution is -2.41. The van der Waals surface area contributed by atoms with E-state index in [0.717, 1.165) is 37.4 Å². The summed E-state index contributed by atoms with van der Waals surface area (Å²) in [7, 11) is 0. The number of hydrogen-bond acceptors (Lipinski definition) is 4. The van der Waals surface area contributed by atoms with Gasteiger partial charge in [-0.25, -0.2) is 0 Å². The first-order valence-corrected chi connectivity index (χ1v) is 8.85. The van der Waals surface area contributed by atoms with Crippen LogP contribution in [0.15, 0.2) is 42.6 Å². The summed E-state index contributed by atoms with van der Waals surface area (Å²) >= 11 is 0. The first-order chi connectivity index (χ1) is 12.3. The molecule has 0 aliphatic carbocycles. The van der Waals surface area contributed by atoms with Gasteiger partial charge in [-0.2, -0.15) is 0 Å². The van der Waals surface area contributed by atoms with Crippen LogP contribution in [0.3, 0.4) is 0 Å². The average molecular weight is 341 g/mol. The number of nitrogens with zero attached hydrogens (tertiary/aromatic N) is 1. The molecule has 2 aliphatic heterocycles. The summed E-state index contributed by atoms with van der Waals surface area (Å²) in [5.41, 5.74) is 0.712. The molecular weight excluding hydrogens is 318 g/mol. The average Bonchev–Trinajstić information content (AvgIpc) is 3.16. The van der Waals surface area contributed by atoms with Gasteiger partial charge in [-0.3, -0.25) is 4.79 Å². The molecule has 1 aromatic carbocycles. The quantitative estimate of drug-likeness (QED) is 0.893. The predicted molar refractivity (Wildman–Crippen MR) is 94.3 cm³/mol. The zero-order chi connectivity index (χ0) is 17.1. The van der Waals surface area contributed by atoms with Crippen molar-refractivity contribution in [1.29, 1.82) is 0 Å². The highest BCUT2D eigenvalue weighted by Gasteiger charge is 2.23. The summed E-state index contributed by atoms with van der Waals surface area (Å²) in [6, 6.07) is 11.8. The Hall–Kier alpha value is -2.47. The largest absolute Gasteiger partial charge is 0.486 e. The molecule has 4 rings (SSSR count). The molecule has 2 N–H and O–H groups in total. The minimum Gasteiger partial charge on any atom is -0.486 e. The Balaban J connectivity index is 1.36. The van der Waals surface area contributed by atoms with E-state index in [0.29, 0.717) is 24.9 Å². The Morgan fingerprint density at radius 2 is 1.96 bits per heavy atom. The van der Waals surface area contributed by atoms with E-state index < -0.39 is 0 Å². The molecule has 132 valence electrons. The Kier molecular flexibility index (Phi) is 4.61. The lowest BCUT2D eigenvalue weighted by molar-refractivity contribution is 0.0782. The van der Waals surface area contributed by atoms with Crippen LogP contribution in [0.25, 0.3) is 0 Å². The second-order valence-corrected chi connectivity index (χ2v) is 6.49. The van der Waals surface area contributed by atoms with Crippen LogP contribution in [0, 0.1) is 0 Å². The van der Waals surface area contributed by atoms with E-state index in [9.17, 15) is 4.79 Å². The number of benzene rings is 1. The number of amides is 1. The number of ether oxygens (including phenoxy) is 2. The van der Waals surface area contributed by atoms with Gasteiger partial charge < -0.3 is 24.7 Å². The standard InChI is InChI=1S/C19H23N3O3/c23-19(16-4-3-11-22(16)14-7-9-20-10-8-14)21-12-15-13-24-17-5-1-2-6-18(17)25-15/h1-6,11,14-15,20H,7-10,12-13H2,(H,21,23). The van der Waals surface area contributed by atoms with Crippen LogP contribution in [-0.4, -0.2) is 42.8 Å². The van der Waals surface area contributed by atoms with Crippen molar-refractivity contribution in [3.63, 3.8) is 0 Å². The van der Waals surface area contributed by atoms with Gasteiger partial charge in [-0.1, -0.05) is 12.1 Å². The number of aromatic nitrogens is 1. The summed E-state index contributed by atoms with van der Waals surface area (Å²) in [4.78, 5) is 12.6. The normalized spacial score (nSPS) is 20.2. The van der Waals surface area contributed by atoms with Crippen molar-refractivity contribution in [3.05, 3.63) is 48.3 Å². The summed E-state index contributed by atoms with van der Waals surface area (Å²) < 4.78 is 13.7. The van der Waals surface area contributed by atoms with Crippen LogP contribution in [0.1, 0.15) is 29.4 Å². The molecule has 0 radical (unpaired) electrons. The molecule has 0 saturated carbocycles. The number of rotatable bonds is 4. The van der Waals surface area contributed by atoms with Gasteiger partial charge in [0.2, 0.25) is 0 Å². The summed E-state index contributed by atoms with van der Waals surface area (Å²) in [6.07, 6.45) is 3.92. The second-order valence-electron chi connectivity index (χ2n) is 6.49. The van der Waals surface area contributed by atoms with Crippen LogP contribution < -0.4 is 20.1 Å². The molecular formula is C19H23N3O3. The number of piperidine rings is 1. The molecule has 1 atom stereocenters. The van der Waals surface area contributed by atoms with E-state index in [1.54, 1.807) is 0 Å². The van der Waals surface area contributed by atoms with Crippen molar-refractivity contribution < 1.29 is 14.3 Å². The fraction of sp³-hybridized carbons (Fsp3) is 0.421. The zero-order valence-electron chi connectivity index (χ0n) is 14.1. The molecule has 1 saturated heterocycles. The van der Waals surface area contributed by atoms with Crippen LogP contribution >= 0.6 is 0 Å². The maximum atomic E-state index is 12.6. The minimum absolute atomic E-state index is 0.0639. The first kappa shape index (κ1) is 16.0. The molecule has 2 aliphatic rings. The minimum atomic E-state index is -0.179. The Labute approximate surface area is 147 Å². The Bertz CT molecular complexity index is 737. The highest BCUT2D eigenvalue weighted by Crippen LogP contribution is 2.30. The molecule has 0 spiro atoms. The van der Waals surface area contributed by atoms with Crippen LogP contribution in [0.5, 0.6) is 11.5 Å². The fourth-order valence-corrected chi connectivity index (χ4v) is 3.45. The fourth-order valence-electron chi connectivity index (χ4n) is 3.45. The van der Waals surface area contributed by atoms with Crippen molar-refractivity contribution in [2.75, 3.05) is 26.2 Å². The highest BCUT2D eigenvalue weighted by molar-refractivity contribution is 5.92.